The fourth-order valence-corrected chi connectivity index (χ4v) is 1.78. The van der Waals surface area contributed by atoms with Gasteiger partial charge in [-0.3, -0.25) is 4.79 Å². The van der Waals surface area contributed by atoms with Gasteiger partial charge in [0.1, 0.15) is 11.8 Å². The first-order chi connectivity index (χ1) is 8.83. The number of hydrogen-bond acceptors (Lipinski definition) is 6. The summed E-state index contributed by atoms with van der Waals surface area (Å²) < 4.78 is 10.6. The Morgan fingerprint density at radius 1 is 1.39 bits per heavy atom. The minimum Gasteiger partial charge on any atom is -0.367 e. The highest BCUT2D eigenvalue weighted by Gasteiger charge is 2.22. The summed E-state index contributed by atoms with van der Waals surface area (Å²) in [7, 11) is 0. The third-order valence-corrected chi connectivity index (χ3v) is 2.66. The average molecular weight is 248 g/mol. The number of pyridine rings is 1. The summed E-state index contributed by atoms with van der Waals surface area (Å²) in [6.45, 7) is 2.11. The van der Waals surface area contributed by atoms with Gasteiger partial charge in [0.2, 0.25) is 11.4 Å². The summed E-state index contributed by atoms with van der Waals surface area (Å²) in [6, 6.07) is 4.77. The number of H-pyrrole nitrogens is 1. The monoisotopic (exact) mass is 248 g/mol. The second-order valence-corrected chi connectivity index (χ2v) is 3.95. The van der Waals surface area contributed by atoms with E-state index in [1.165, 1.54) is 6.07 Å². The van der Waals surface area contributed by atoms with Crippen LogP contribution in [0.25, 0.3) is 11.6 Å². The first-order valence-corrected chi connectivity index (χ1v) is 5.68. The van der Waals surface area contributed by atoms with E-state index in [0.29, 0.717) is 24.7 Å². The molecule has 0 radical (unpaired) electrons. The summed E-state index contributed by atoms with van der Waals surface area (Å²) in [5, 5.41) is 7.06. The van der Waals surface area contributed by atoms with Gasteiger partial charge in [-0.05, 0) is 6.07 Å². The van der Waals surface area contributed by atoms with Gasteiger partial charge >= 0.3 is 0 Å². The van der Waals surface area contributed by atoms with E-state index in [9.17, 15) is 4.79 Å². The molecule has 7 heteroatoms. The fourth-order valence-electron chi connectivity index (χ4n) is 1.78. The summed E-state index contributed by atoms with van der Waals surface area (Å²) in [5.41, 5.74) is 0.299. The third-order valence-electron chi connectivity index (χ3n) is 2.66. The van der Waals surface area contributed by atoms with E-state index in [2.05, 4.69) is 20.4 Å². The third kappa shape index (κ3) is 2.18. The number of aromatic nitrogens is 3. The molecule has 18 heavy (non-hydrogen) atoms. The Bertz CT molecular complexity index is 586. The van der Waals surface area contributed by atoms with Crippen molar-refractivity contribution >= 4 is 0 Å². The average Bonchev–Trinajstić information content (AvgIpc) is 2.89. The molecule has 1 atom stereocenters. The van der Waals surface area contributed by atoms with Crippen LogP contribution >= 0.6 is 0 Å². The first kappa shape index (κ1) is 11.1. The number of nitrogens with one attached hydrogen (secondary N) is 2. The normalized spacial score (nSPS) is 19.9. The molecule has 0 aromatic carbocycles. The van der Waals surface area contributed by atoms with Crippen molar-refractivity contribution in [3.05, 3.63) is 34.4 Å². The van der Waals surface area contributed by atoms with Crippen molar-refractivity contribution in [2.75, 3.05) is 19.7 Å². The molecule has 1 fully saturated rings. The quantitative estimate of drug-likeness (QED) is 0.782. The Kier molecular flexibility index (Phi) is 2.91. The maximum Gasteiger partial charge on any atom is 0.274 e. The highest BCUT2D eigenvalue weighted by molar-refractivity contribution is 5.45. The Morgan fingerprint density at radius 2 is 2.33 bits per heavy atom. The van der Waals surface area contributed by atoms with Crippen LogP contribution in [0.5, 0.6) is 0 Å². The molecular weight excluding hydrogens is 236 g/mol. The van der Waals surface area contributed by atoms with Crippen molar-refractivity contribution in [1.29, 1.82) is 0 Å². The lowest BCUT2D eigenvalue weighted by atomic mass is 10.3. The molecule has 0 amide bonds. The van der Waals surface area contributed by atoms with E-state index >= 15 is 0 Å². The molecule has 7 nitrogen and oxygen atoms in total. The second kappa shape index (κ2) is 4.71. The van der Waals surface area contributed by atoms with Crippen molar-refractivity contribution in [3.63, 3.8) is 0 Å². The highest BCUT2D eigenvalue weighted by atomic mass is 16.5. The van der Waals surface area contributed by atoms with E-state index in [1.807, 2.05) is 0 Å². The van der Waals surface area contributed by atoms with E-state index in [-0.39, 0.29) is 17.6 Å². The lowest BCUT2D eigenvalue weighted by molar-refractivity contribution is 0.0208. The zero-order valence-corrected chi connectivity index (χ0v) is 9.55. The second-order valence-electron chi connectivity index (χ2n) is 3.95. The van der Waals surface area contributed by atoms with Crippen molar-refractivity contribution in [2.45, 2.75) is 6.10 Å². The number of nitrogens with zero attached hydrogens (tertiary/aromatic N) is 2. The number of ether oxygens (including phenoxy) is 1. The molecule has 1 aliphatic heterocycles. The van der Waals surface area contributed by atoms with Crippen LogP contribution in [0.1, 0.15) is 11.9 Å². The van der Waals surface area contributed by atoms with Gasteiger partial charge in [-0.2, -0.15) is 4.98 Å². The summed E-state index contributed by atoms with van der Waals surface area (Å²) in [4.78, 5) is 18.1. The van der Waals surface area contributed by atoms with Crippen LogP contribution in [0.2, 0.25) is 0 Å². The summed E-state index contributed by atoms with van der Waals surface area (Å²) in [6.07, 6.45) is -0.202. The molecule has 1 aliphatic rings. The minimum absolute atomic E-state index is 0.202. The minimum atomic E-state index is -0.206. The van der Waals surface area contributed by atoms with Crippen LogP contribution < -0.4 is 10.9 Å². The standard InChI is InChI=1S/C11H12N4O3/c16-9-3-1-2-7(13-9)11-14-10(15-18-11)8-6-12-4-5-17-8/h1-3,8,12H,4-6H2,(H,13,16). The van der Waals surface area contributed by atoms with Gasteiger partial charge in [-0.15, -0.1) is 0 Å². The maximum atomic E-state index is 11.2. The Hall–Kier alpha value is -1.99. The number of aromatic amines is 1. The maximum absolute atomic E-state index is 11.2. The van der Waals surface area contributed by atoms with Gasteiger partial charge in [0.05, 0.1) is 6.61 Å². The van der Waals surface area contributed by atoms with E-state index < -0.39 is 0 Å². The van der Waals surface area contributed by atoms with Crippen LogP contribution in [0, 0.1) is 0 Å². The number of hydrogen-bond donors (Lipinski definition) is 2. The topological polar surface area (TPSA) is 93.0 Å². The van der Waals surface area contributed by atoms with Crippen LogP contribution in [0.3, 0.4) is 0 Å². The molecule has 2 N–H and O–H groups in total. The predicted octanol–water partition coefficient (Wildman–Crippen LogP) is 0.0858. The molecule has 0 aliphatic carbocycles. The van der Waals surface area contributed by atoms with Crippen LogP contribution in [0.15, 0.2) is 27.5 Å². The molecular formula is C11H12N4O3. The summed E-state index contributed by atoms with van der Waals surface area (Å²) >= 11 is 0. The SMILES string of the molecule is O=c1cccc(-c2nc(C3CNCCO3)no2)[nH]1. The van der Waals surface area contributed by atoms with Crippen LogP contribution in [0.4, 0.5) is 0 Å². The van der Waals surface area contributed by atoms with Crippen LogP contribution in [-0.4, -0.2) is 34.8 Å². The van der Waals surface area contributed by atoms with Crippen LogP contribution in [-0.2, 0) is 4.74 Å². The molecule has 2 aromatic rings. The van der Waals surface area contributed by atoms with Crippen molar-refractivity contribution in [3.8, 4) is 11.6 Å². The molecule has 1 unspecified atom stereocenters. The molecule has 3 heterocycles. The molecule has 0 spiro atoms. The number of morpholine rings is 1. The molecule has 0 bridgehead atoms. The van der Waals surface area contributed by atoms with Crippen molar-refractivity contribution in [2.24, 2.45) is 0 Å². The Balaban J connectivity index is 1.86. The van der Waals surface area contributed by atoms with Crippen molar-refractivity contribution < 1.29 is 9.26 Å². The van der Waals surface area contributed by atoms with E-state index in [0.717, 1.165) is 6.54 Å². The lowest BCUT2D eigenvalue weighted by Crippen LogP contribution is -2.33. The Morgan fingerprint density at radius 3 is 3.11 bits per heavy atom. The van der Waals surface area contributed by atoms with E-state index in [4.69, 9.17) is 9.26 Å². The zero-order valence-electron chi connectivity index (χ0n) is 9.55. The fraction of sp³-hybridized carbons (Fsp3) is 0.364. The summed E-state index contributed by atoms with van der Waals surface area (Å²) in [5.74, 6) is 0.777. The largest absolute Gasteiger partial charge is 0.367 e. The van der Waals surface area contributed by atoms with Gasteiger partial charge in [0, 0.05) is 19.2 Å². The highest BCUT2D eigenvalue weighted by Crippen LogP contribution is 2.19. The predicted molar refractivity (Wildman–Crippen MR) is 61.9 cm³/mol. The van der Waals surface area contributed by atoms with Crippen molar-refractivity contribution in [1.82, 2.24) is 20.4 Å². The van der Waals surface area contributed by atoms with Gasteiger partial charge in [-0.25, -0.2) is 0 Å². The van der Waals surface area contributed by atoms with Gasteiger partial charge in [0.25, 0.3) is 5.89 Å². The zero-order chi connectivity index (χ0) is 12.4. The molecule has 94 valence electrons. The molecule has 2 aromatic heterocycles. The smallest absolute Gasteiger partial charge is 0.274 e. The molecule has 1 saturated heterocycles. The molecule has 3 rings (SSSR count). The lowest BCUT2D eigenvalue weighted by Gasteiger charge is -2.20. The number of rotatable bonds is 2. The first-order valence-electron chi connectivity index (χ1n) is 5.68. The van der Waals surface area contributed by atoms with Gasteiger partial charge < -0.3 is 19.6 Å². The Labute approximate surface area is 102 Å². The van der Waals surface area contributed by atoms with Gasteiger partial charge in [0.15, 0.2) is 0 Å². The molecule has 0 saturated carbocycles. The van der Waals surface area contributed by atoms with Gasteiger partial charge in [-0.1, -0.05) is 11.2 Å². The van der Waals surface area contributed by atoms with E-state index in [1.54, 1.807) is 12.1 Å².